The molecule has 0 heterocycles. The maximum atomic E-state index is 14.0. The van der Waals surface area contributed by atoms with E-state index in [1.54, 1.807) is 45.0 Å². The van der Waals surface area contributed by atoms with Crippen molar-refractivity contribution < 1.29 is 23.9 Å². The predicted octanol–water partition coefficient (Wildman–Crippen LogP) is 4.34. The van der Waals surface area contributed by atoms with Crippen LogP contribution in [-0.2, 0) is 19.1 Å². The van der Waals surface area contributed by atoms with Gasteiger partial charge in [-0.2, -0.15) is 5.26 Å². The zero-order valence-corrected chi connectivity index (χ0v) is 23.6. The number of aryl methyl sites for hydroxylation is 1. The zero-order chi connectivity index (χ0) is 30.2. The molecule has 10 heteroatoms. The number of nitrogens with two attached hydrogens (primary N) is 1. The number of benzene rings is 3. The fourth-order valence-corrected chi connectivity index (χ4v) is 4.36. The molecule has 214 valence electrons. The molecule has 41 heavy (non-hydrogen) atoms. The van der Waals surface area contributed by atoms with Crippen molar-refractivity contribution in [3.63, 3.8) is 0 Å². The molecule has 3 aromatic rings. The van der Waals surface area contributed by atoms with Gasteiger partial charge in [-0.15, -0.1) is 0 Å². The lowest BCUT2D eigenvalue weighted by molar-refractivity contribution is -0.140. The molecular formula is C31H35N5O5. The first kappa shape index (κ1) is 30.6. The van der Waals surface area contributed by atoms with Crippen LogP contribution in [0, 0.1) is 18.3 Å². The molecule has 3 rings (SSSR count). The molecule has 0 aliphatic carbocycles. The van der Waals surface area contributed by atoms with E-state index in [1.165, 1.54) is 0 Å². The Morgan fingerprint density at radius 2 is 1.71 bits per heavy atom. The van der Waals surface area contributed by atoms with Gasteiger partial charge < -0.3 is 26.0 Å². The van der Waals surface area contributed by atoms with E-state index in [4.69, 9.17) is 10.5 Å². The number of alkyl carbamates (subject to hydrolysis) is 1. The summed E-state index contributed by atoms with van der Waals surface area (Å²) in [7, 11) is 0. The third kappa shape index (κ3) is 8.80. The molecule has 0 bridgehead atoms. The summed E-state index contributed by atoms with van der Waals surface area (Å²) < 4.78 is 5.31. The van der Waals surface area contributed by atoms with Crippen LogP contribution in [0.4, 0.5) is 10.5 Å². The number of nitrogens with zero attached hydrogens (tertiary/aromatic N) is 2. The smallest absolute Gasteiger partial charge is 0.408 e. The number of hydrogen-bond acceptors (Lipinski definition) is 6. The lowest BCUT2D eigenvalue weighted by Gasteiger charge is -2.33. The zero-order valence-electron chi connectivity index (χ0n) is 23.6. The molecule has 2 atom stereocenters. The van der Waals surface area contributed by atoms with E-state index in [1.807, 2.05) is 55.5 Å². The fraction of sp³-hybridized carbons (Fsp3) is 0.323. The Morgan fingerprint density at radius 3 is 2.34 bits per heavy atom. The van der Waals surface area contributed by atoms with Crippen molar-refractivity contribution >= 4 is 40.3 Å². The molecule has 0 spiro atoms. The summed E-state index contributed by atoms with van der Waals surface area (Å²) in [5.41, 5.74) is 6.29. The summed E-state index contributed by atoms with van der Waals surface area (Å²) in [6.45, 7) is 6.38. The maximum absolute atomic E-state index is 14.0. The minimum absolute atomic E-state index is 0.151. The number of fused-ring (bicyclic) bond motifs is 1. The van der Waals surface area contributed by atoms with Gasteiger partial charge in [0.2, 0.25) is 11.8 Å². The van der Waals surface area contributed by atoms with E-state index in [0.29, 0.717) is 11.3 Å². The molecule has 0 aliphatic rings. The van der Waals surface area contributed by atoms with Crippen molar-refractivity contribution in [2.75, 3.05) is 11.9 Å². The van der Waals surface area contributed by atoms with Crippen LogP contribution in [0.1, 0.15) is 50.8 Å². The van der Waals surface area contributed by atoms with E-state index in [-0.39, 0.29) is 12.8 Å². The standard InChI is InChI=1S/C31H35N5O5/c1-20-8-7-11-23(18-20)27(28(38)34-24-13-12-21-9-5-6-10-22(21)19-24)36(17-16-32)29(39)25(14-15-26(33)37)35-30(40)41-31(2,3)4/h5-13,18-19,25,27H,14-15,17H2,1-4H3,(H2,33,37)(H,34,38)(H,35,40). The van der Waals surface area contributed by atoms with Crippen molar-refractivity contribution in [3.05, 3.63) is 77.9 Å². The van der Waals surface area contributed by atoms with Crippen LogP contribution in [0.15, 0.2) is 66.7 Å². The van der Waals surface area contributed by atoms with Gasteiger partial charge in [0, 0.05) is 12.1 Å². The van der Waals surface area contributed by atoms with E-state index in [9.17, 15) is 24.4 Å². The summed E-state index contributed by atoms with van der Waals surface area (Å²) >= 11 is 0. The third-order valence-electron chi connectivity index (χ3n) is 6.13. The number of primary amides is 1. The molecule has 10 nitrogen and oxygen atoms in total. The van der Waals surface area contributed by atoms with Crippen molar-refractivity contribution in [2.45, 2.75) is 58.2 Å². The van der Waals surface area contributed by atoms with Crippen LogP contribution >= 0.6 is 0 Å². The highest BCUT2D eigenvalue weighted by molar-refractivity contribution is 6.00. The number of rotatable bonds is 10. The van der Waals surface area contributed by atoms with E-state index in [0.717, 1.165) is 21.2 Å². The normalized spacial score (nSPS) is 12.5. The molecule has 0 saturated heterocycles. The lowest BCUT2D eigenvalue weighted by atomic mass is 10.00. The minimum atomic E-state index is -1.29. The van der Waals surface area contributed by atoms with Gasteiger partial charge in [0.15, 0.2) is 0 Å². The van der Waals surface area contributed by atoms with Crippen LogP contribution in [0.2, 0.25) is 0 Å². The molecule has 0 saturated carbocycles. The average molecular weight is 558 g/mol. The molecular weight excluding hydrogens is 522 g/mol. The van der Waals surface area contributed by atoms with Gasteiger partial charge >= 0.3 is 6.09 Å². The van der Waals surface area contributed by atoms with Gasteiger partial charge in [-0.3, -0.25) is 14.4 Å². The summed E-state index contributed by atoms with van der Waals surface area (Å²) in [6.07, 6.45) is -1.25. The van der Waals surface area contributed by atoms with E-state index in [2.05, 4.69) is 10.6 Å². The predicted molar refractivity (Wildman–Crippen MR) is 155 cm³/mol. The van der Waals surface area contributed by atoms with Crippen LogP contribution in [0.25, 0.3) is 10.8 Å². The second kappa shape index (κ2) is 13.4. The first-order chi connectivity index (χ1) is 19.4. The van der Waals surface area contributed by atoms with Gasteiger partial charge in [0.1, 0.15) is 24.2 Å². The van der Waals surface area contributed by atoms with Crippen molar-refractivity contribution in [1.29, 1.82) is 5.26 Å². The van der Waals surface area contributed by atoms with E-state index >= 15 is 0 Å². The number of anilines is 1. The second-order valence-electron chi connectivity index (χ2n) is 10.7. The Labute approximate surface area is 239 Å². The average Bonchev–Trinajstić information content (AvgIpc) is 2.89. The highest BCUT2D eigenvalue weighted by Crippen LogP contribution is 2.27. The largest absolute Gasteiger partial charge is 0.444 e. The number of ether oxygens (including phenoxy) is 1. The van der Waals surface area contributed by atoms with E-state index < -0.39 is 48.0 Å². The molecule has 3 aromatic carbocycles. The number of carbonyl (C=O) groups excluding carboxylic acids is 4. The molecule has 0 aliphatic heterocycles. The van der Waals surface area contributed by atoms with Crippen LogP contribution < -0.4 is 16.4 Å². The van der Waals surface area contributed by atoms with Gasteiger partial charge in [-0.1, -0.05) is 60.2 Å². The molecule has 2 unspecified atom stereocenters. The monoisotopic (exact) mass is 557 g/mol. The number of nitrogens with one attached hydrogen (secondary N) is 2. The Bertz CT molecular complexity index is 1470. The Balaban J connectivity index is 2.01. The highest BCUT2D eigenvalue weighted by atomic mass is 16.6. The molecule has 0 aromatic heterocycles. The topological polar surface area (TPSA) is 155 Å². The number of amides is 4. The number of carbonyl (C=O) groups is 4. The Hall–Kier alpha value is -4.91. The summed E-state index contributed by atoms with van der Waals surface area (Å²) in [4.78, 5) is 53.1. The lowest BCUT2D eigenvalue weighted by Crippen LogP contribution is -2.52. The fourth-order valence-electron chi connectivity index (χ4n) is 4.36. The van der Waals surface area contributed by atoms with Crippen LogP contribution in [-0.4, -0.2) is 46.9 Å². The van der Waals surface area contributed by atoms with Gasteiger partial charge in [-0.25, -0.2) is 4.79 Å². The number of nitriles is 1. The summed E-state index contributed by atoms with van der Waals surface area (Å²) in [6, 6.07) is 19.6. The van der Waals surface area contributed by atoms with Gasteiger partial charge in [0.25, 0.3) is 5.91 Å². The molecule has 4 N–H and O–H groups in total. The summed E-state index contributed by atoms with van der Waals surface area (Å²) in [5.74, 6) is -1.97. The first-order valence-electron chi connectivity index (χ1n) is 13.2. The maximum Gasteiger partial charge on any atom is 0.408 e. The van der Waals surface area contributed by atoms with Gasteiger partial charge in [0.05, 0.1) is 6.07 Å². The van der Waals surface area contributed by atoms with Crippen molar-refractivity contribution in [2.24, 2.45) is 5.73 Å². The summed E-state index contributed by atoms with van der Waals surface area (Å²) in [5, 5.41) is 17.0. The Kier molecular flexibility index (Phi) is 10.0. The van der Waals surface area contributed by atoms with Crippen molar-refractivity contribution in [1.82, 2.24) is 10.2 Å². The highest BCUT2D eigenvalue weighted by Gasteiger charge is 2.36. The second-order valence-corrected chi connectivity index (χ2v) is 10.7. The van der Waals surface area contributed by atoms with Crippen molar-refractivity contribution in [3.8, 4) is 6.07 Å². The molecule has 4 amide bonds. The first-order valence-corrected chi connectivity index (χ1v) is 13.2. The Morgan fingerprint density at radius 1 is 1.00 bits per heavy atom. The molecule has 0 fully saturated rings. The van der Waals surface area contributed by atoms with Gasteiger partial charge in [-0.05, 0) is 62.6 Å². The minimum Gasteiger partial charge on any atom is -0.444 e. The van der Waals surface area contributed by atoms with Crippen LogP contribution in [0.3, 0.4) is 0 Å². The third-order valence-corrected chi connectivity index (χ3v) is 6.13. The SMILES string of the molecule is Cc1cccc(C(C(=O)Nc2ccc3ccccc3c2)N(CC#N)C(=O)C(CCC(N)=O)NC(=O)OC(C)(C)C)c1. The number of hydrogen-bond donors (Lipinski definition) is 3. The molecule has 0 radical (unpaired) electrons. The van der Waals surface area contributed by atoms with Crippen LogP contribution in [0.5, 0.6) is 0 Å². The quantitative estimate of drug-likeness (QED) is 0.315.